The zero-order chi connectivity index (χ0) is 23.4. The maximum absolute atomic E-state index is 13.0. The molecule has 166 valence electrons. The van der Waals surface area contributed by atoms with Gasteiger partial charge in [0, 0.05) is 25.1 Å². The summed E-state index contributed by atoms with van der Waals surface area (Å²) >= 11 is 0. The molecule has 8 nitrogen and oxygen atoms in total. The van der Waals surface area contributed by atoms with Gasteiger partial charge in [-0.2, -0.15) is 13.2 Å². The fourth-order valence-electron chi connectivity index (χ4n) is 2.53. The van der Waals surface area contributed by atoms with Crippen LogP contribution in [0.4, 0.5) is 23.7 Å². The molecular weight excluding hydrogens is 419 g/mol. The molecule has 0 aliphatic carbocycles. The van der Waals surface area contributed by atoms with E-state index in [0.717, 1.165) is 16.7 Å². The van der Waals surface area contributed by atoms with Gasteiger partial charge < -0.3 is 4.74 Å². The summed E-state index contributed by atoms with van der Waals surface area (Å²) in [5.74, 6) is -0.398. The Bertz CT molecular complexity index is 1020. The van der Waals surface area contributed by atoms with E-state index in [4.69, 9.17) is 4.74 Å². The molecule has 1 aromatic heterocycles. The third-order valence-corrected chi connectivity index (χ3v) is 3.81. The summed E-state index contributed by atoms with van der Waals surface area (Å²) in [4.78, 5) is 37.7. The minimum Gasteiger partial charge on any atom is -0.443 e. The molecule has 2 rings (SSSR count). The molecule has 0 bridgehead atoms. The van der Waals surface area contributed by atoms with Crippen molar-refractivity contribution in [3.63, 3.8) is 0 Å². The van der Waals surface area contributed by atoms with Crippen molar-refractivity contribution in [1.29, 1.82) is 0 Å². The van der Waals surface area contributed by atoms with E-state index in [-0.39, 0.29) is 18.4 Å². The van der Waals surface area contributed by atoms with Crippen LogP contribution in [0.1, 0.15) is 44.0 Å². The van der Waals surface area contributed by atoms with Crippen molar-refractivity contribution in [2.24, 2.45) is 0 Å². The number of aromatic nitrogens is 2. The lowest BCUT2D eigenvalue weighted by molar-refractivity contribution is -0.388. The van der Waals surface area contributed by atoms with Crippen molar-refractivity contribution in [2.45, 2.75) is 45.4 Å². The normalized spacial score (nSPS) is 12.2. The third kappa shape index (κ3) is 7.05. The summed E-state index contributed by atoms with van der Waals surface area (Å²) in [6, 6.07) is 2.48. The van der Waals surface area contributed by atoms with Crippen LogP contribution < -0.4 is 0 Å². The van der Waals surface area contributed by atoms with Gasteiger partial charge in [-0.25, -0.2) is 14.3 Å². The van der Waals surface area contributed by atoms with Crippen molar-refractivity contribution in [2.75, 3.05) is 0 Å². The van der Waals surface area contributed by atoms with Gasteiger partial charge in [0.05, 0.1) is 10.6 Å². The Balaban J connectivity index is 2.01. The highest BCUT2D eigenvalue weighted by atomic mass is 19.4. The number of ether oxygens (including phenoxy) is 1. The van der Waals surface area contributed by atoms with E-state index in [0.29, 0.717) is 11.8 Å². The number of carbonyl (C=O) groups excluding carboxylic acids is 2. The van der Waals surface area contributed by atoms with Gasteiger partial charge in [-0.3, -0.25) is 14.9 Å². The summed E-state index contributed by atoms with van der Waals surface area (Å²) in [5.41, 5.74) is -2.73. The Hall–Kier alpha value is -3.50. The smallest absolute Gasteiger partial charge is 0.423 e. The molecular formula is C20H20F3N3O5. The Kier molecular flexibility index (Phi) is 6.98. The second-order valence-electron chi connectivity index (χ2n) is 7.61. The van der Waals surface area contributed by atoms with E-state index in [1.807, 2.05) is 0 Å². The highest BCUT2D eigenvalue weighted by molar-refractivity contribution is 5.83. The summed E-state index contributed by atoms with van der Waals surface area (Å²) in [6.07, 6.45) is -0.347. The second kappa shape index (κ2) is 9.11. The molecule has 0 aliphatic heterocycles. The van der Waals surface area contributed by atoms with Gasteiger partial charge >= 0.3 is 12.3 Å². The summed E-state index contributed by atoms with van der Waals surface area (Å²) in [7, 11) is 0. The molecule has 0 spiro atoms. The monoisotopic (exact) mass is 439 g/mol. The lowest BCUT2D eigenvalue weighted by Gasteiger charge is -2.18. The molecule has 31 heavy (non-hydrogen) atoms. The van der Waals surface area contributed by atoms with E-state index in [1.54, 1.807) is 20.8 Å². The van der Waals surface area contributed by atoms with Crippen LogP contribution in [0.3, 0.4) is 0 Å². The maximum atomic E-state index is 13.0. The lowest BCUT2D eigenvalue weighted by atomic mass is 10.0. The van der Waals surface area contributed by atoms with Crippen LogP contribution in [-0.2, 0) is 22.1 Å². The van der Waals surface area contributed by atoms with Gasteiger partial charge in [0.15, 0.2) is 0 Å². The molecule has 0 saturated heterocycles. The first-order chi connectivity index (χ1) is 14.3. The first-order valence-electron chi connectivity index (χ1n) is 9.06. The average molecular weight is 439 g/mol. The Morgan fingerprint density at radius 3 is 2.52 bits per heavy atom. The molecule has 0 unspecified atom stereocenters. The van der Waals surface area contributed by atoms with Crippen molar-refractivity contribution in [3.8, 4) is 0 Å². The van der Waals surface area contributed by atoms with Gasteiger partial charge in [0.2, 0.25) is 0 Å². The average Bonchev–Trinajstić information content (AvgIpc) is 3.08. The molecule has 0 fully saturated rings. The van der Waals surface area contributed by atoms with Crippen LogP contribution in [0.2, 0.25) is 0 Å². The van der Waals surface area contributed by atoms with E-state index in [9.17, 15) is 32.9 Å². The number of allylic oxidation sites excluding steroid dienone is 1. The van der Waals surface area contributed by atoms with E-state index in [1.165, 1.54) is 24.7 Å². The minimum atomic E-state index is -4.91. The standard InChI is InChI=1S/C20H20F3N3O5/c1-19(2,3)31-18(28)25-11-14(24-12-25)5-4-6-15(27)9-13-7-8-17(26(29)30)16(10-13)20(21,22)23/h4-5,7-8,10-12H,6,9H2,1-3H3/b5-4+. The van der Waals surface area contributed by atoms with Crippen LogP contribution in [0.5, 0.6) is 0 Å². The van der Waals surface area contributed by atoms with Gasteiger partial charge in [-0.05, 0) is 38.5 Å². The number of hydrogen-bond donors (Lipinski definition) is 0. The van der Waals surface area contributed by atoms with Crippen LogP contribution in [0.25, 0.3) is 6.08 Å². The minimum absolute atomic E-state index is 0.0190. The molecule has 0 atom stereocenters. The van der Waals surface area contributed by atoms with Crippen molar-refractivity contribution < 1.29 is 32.4 Å². The summed E-state index contributed by atoms with van der Waals surface area (Å²) in [6.45, 7) is 5.16. The van der Waals surface area contributed by atoms with E-state index >= 15 is 0 Å². The van der Waals surface area contributed by atoms with Crippen molar-refractivity contribution in [3.05, 3.63) is 63.7 Å². The number of rotatable bonds is 6. The van der Waals surface area contributed by atoms with Crippen molar-refractivity contribution >= 4 is 23.6 Å². The predicted molar refractivity (Wildman–Crippen MR) is 104 cm³/mol. The van der Waals surface area contributed by atoms with E-state index < -0.39 is 39.8 Å². The summed E-state index contributed by atoms with van der Waals surface area (Å²) < 4.78 is 45.4. The quantitative estimate of drug-likeness (QED) is 0.473. The molecule has 2 aromatic rings. The number of hydrogen-bond acceptors (Lipinski definition) is 6. The number of benzene rings is 1. The molecule has 11 heteroatoms. The van der Waals surface area contributed by atoms with Crippen LogP contribution in [0, 0.1) is 10.1 Å². The van der Waals surface area contributed by atoms with Gasteiger partial charge in [0.1, 0.15) is 23.3 Å². The number of nitro benzene ring substituents is 1. The number of nitro groups is 1. The Morgan fingerprint density at radius 2 is 1.94 bits per heavy atom. The first-order valence-corrected chi connectivity index (χ1v) is 9.06. The van der Waals surface area contributed by atoms with Gasteiger partial charge in [0.25, 0.3) is 5.69 Å². The van der Waals surface area contributed by atoms with E-state index in [2.05, 4.69) is 4.98 Å². The first kappa shape index (κ1) is 23.8. The zero-order valence-electron chi connectivity index (χ0n) is 17.0. The number of alkyl halides is 3. The zero-order valence-corrected chi connectivity index (χ0v) is 17.0. The number of nitrogens with zero attached hydrogens (tertiary/aromatic N) is 3. The molecule has 1 aromatic carbocycles. The SMILES string of the molecule is CC(C)(C)OC(=O)n1cnc(/C=C/CC(=O)Cc2ccc([N+](=O)[O-])c(C(F)(F)F)c2)c1. The Labute approximate surface area is 175 Å². The number of carbonyl (C=O) groups is 2. The highest BCUT2D eigenvalue weighted by Gasteiger charge is 2.38. The van der Waals surface area contributed by atoms with Gasteiger partial charge in [-0.15, -0.1) is 0 Å². The fourth-order valence-corrected chi connectivity index (χ4v) is 2.53. The number of halogens is 3. The molecule has 0 N–H and O–H groups in total. The number of ketones is 1. The van der Waals surface area contributed by atoms with Crippen LogP contribution in [-0.4, -0.2) is 32.0 Å². The van der Waals surface area contributed by atoms with Crippen molar-refractivity contribution in [1.82, 2.24) is 9.55 Å². The molecule has 0 radical (unpaired) electrons. The molecule has 1 heterocycles. The third-order valence-electron chi connectivity index (χ3n) is 3.81. The lowest BCUT2D eigenvalue weighted by Crippen LogP contribution is -2.26. The highest BCUT2D eigenvalue weighted by Crippen LogP contribution is 2.36. The van der Waals surface area contributed by atoms with Gasteiger partial charge in [-0.1, -0.05) is 12.1 Å². The largest absolute Gasteiger partial charge is 0.443 e. The summed E-state index contributed by atoms with van der Waals surface area (Å²) in [5, 5.41) is 10.8. The molecule has 0 aliphatic rings. The Morgan fingerprint density at radius 1 is 1.26 bits per heavy atom. The number of Topliss-reactive ketones (excluding diaryl/α,β-unsaturated/α-hetero) is 1. The number of imidazole rings is 1. The predicted octanol–water partition coefficient (Wildman–Crippen LogP) is 4.81. The molecule has 0 saturated carbocycles. The fraction of sp³-hybridized carbons (Fsp3) is 0.350. The molecule has 0 amide bonds. The second-order valence-corrected chi connectivity index (χ2v) is 7.61. The van der Waals surface area contributed by atoms with Crippen LogP contribution >= 0.6 is 0 Å². The topological polar surface area (TPSA) is 104 Å². The van der Waals surface area contributed by atoms with Crippen LogP contribution in [0.15, 0.2) is 36.8 Å². The maximum Gasteiger partial charge on any atom is 0.423 e.